The quantitative estimate of drug-likeness (QED) is 0.556. The molecule has 28 heavy (non-hydrogen) atoms. The minimum absolute atomic E-state index is 0.0864. The van der Waals surface area contributed by atoms with Crippen LogP contribution in [0.15, 0.2) is 42.5 Å². The van der Waals surface area contributed by atoms with Crippen molar-refractivity contribution in [1.29, 1.82) is 0 Å². The van der Waals surface area contributed by atoms with E-state index in [9.17, 15) is 14.3 Å². The molecule has 0 spiro atoms. The van der Waals surface area contributed by atoms with Crippen molar-refractivity contribution in [2.45, 2.75) is 26.3 Å². The summed E-state index contributed by atoms with van der Waals surface area (Å²) in [6.45, 7) is 4.28. The lowest BCUT2D eigenvalue weighted by molar-refractivity contribution is -0.131. The van der Waals surface area contributed by atoms with Crippen LogP contribution in [0.4, 0.5) is 10.3 Å². The number of halogens is 1. The maximum atomic E-state index is 13.7. The third-order valence-electron chi connectivity index (χ3n) is 4.77. The SMILES string of the molecule is CCN(CCO)C(=O)CC(Nc1nc2ccccc2[nH]1)c1ccc(F)c(C)c1. The largest absolute Gasteiger partial charge is 0.395 e. The molecule has 0 aliphatic heterocycles. The monoisotopic (exact) mass is 384 g/mol. The van der Waals surface area contributed by atoms with Crippen LogP contribution >= 0.6 is 0 Å². The Morgan fingerprint density at radius 3 is 2.79 bits per heavy atom. The summed E-state index contributed by atoms with van der Waals surface area (Å²) in [6, 6.07) is 12.1. The lowest BCUT2D eigenvalue weighted by Crippen LogP contribution is -2.35. The summed E-state index contributed by atoms with van der Waals surface area (Å²) in [5, 5.41) is 12.5. The number of aromatic amines is 1. The highest BCUT2D eigenvalue weighted by atomic mass is 19.1. The van der Waals surface area contributed by atoms with Gasteiger partial charge >= 0.3 is 0 Å². The maximum absolute atomic E-state index is 13.7. The van der Waals surface area contributed by atoms with Crippen LogP contribution < -0.4 is 5.32 Å². The number of imidazole rings is 1. The summed E-state index contributed by atoms with van der Waals surface area (Å²) >= 11 is 0. The molecule has 0 radical (unpaired) electrons. The van der Waals surface area contributed by atoms with Crippen LogP contribution in [0.1, 0.15) is 30.5 Å². The number of aliphatic hydroxyl groups is 1. The first-order valence-corrected chi connectivity index (χ1v) is 9.37. The van der Waals surface area contributed by atoms with Crippen LogP contribution in [0.25, 0.3) is 11.0 Å². The number of fused-ring (bicyclic) bond motifs is 1. The Morgan fingerprint density at radius 2 is 2.11 bits per heavy atom. The molecule has 2 aromatic carbocycles. The molecule has 148 valence electrons. The molecule has 0 aliphatic carbocycles. The first-order valence-electron chi connectivity index (χ1n) is 9.37. The fraction of sp³-hybridized carbons (Fsp3) is 0.333. The predicted molar refractivity (Wildman–Crippen MR) is 108 cm³/mol. The van der Waals surface area contributed by atoms with E-state index < -0.39 is 0 Å². The molecule has 3 N–H and O–H groups in total. The van der Waals surface area contributed by atoms with Gasteiger partial charge in [0.15, 0.2) is 0 Å². The number of likely N-dealkylation sites (N-methyl/N-ethyl adjacent to an activating group) is 1. The van der Waals surface area contributed by atoms with Gasteiger partial charge in [-0.15, -0.1) is 0 Å². The van der Waals surface area contributed by atoms with E-state index in [2.05, 4.69) is 15.3 Å². The Hall–Kier alpha value is -2.93. The highest BCUT2D eigenvalue weighted by Gasteiger charge is 2.21. The number of H-pyrrole nitrogens is 1. The molecule has 1 aromatic heterocycles. The predicted octanol–water partition coefficient (Wildman–Crippen LogP) is 3.39. The van der Waals surface area contributed by atoms with Gasteiger partial charge in [-0.2, -0.15) is 0 Å². The molecule has 0 aliphatic rings. The molecule has 1 unspecified atom stereocenters. The number of aliphatic hydroxyl groups excluding tert-OH is 1. The molecular weight excluding hydrogens is 359 g/mol. The van der Waals surface area contributed by atoms with Gasteiger partial charge in [-0.1, -0.05) is 24.3 Å². The van der Waals surface area contributed by atoms with Gasteiger partial charge < -0.3 is 20.3 Å². The second-order valence-electron chi connectivity index (χ2n) is 6.71. The zero-order valence-electron chi connectivity index (χ0n) is 16.1. The van der Waals surface area contributed by atoms with E-state index in [1.165, 1.54) is 6.07 Å². The summed E-state index contributed by atoms with van der Waals surface area (Å²) < 4.78 is 13.7. The van der Waals surface area contributed by atoms with Crippen LogP contribution in [-0.4, -0.2) is 45.6 Å². The van der Waals surface area contributed by atoms with E-state index in [0.29, 0.717) is 18.1 Å². The van der Waals surface area contributed by atoms with Crippen molar-refractivity contribution in [2.75, 3.05) is 25.0 Å². The van der Waals surface area contributed by atoms with Crippen LogP contribution in [0.2, 0.25) is 0 Å². The maximum Gasteiger partial charge on any atom is 0.225 e. The number of para-hydroxylation sites is 2. The van der Waals surface area contributed by atoms with Gasteiger partial charge in [-0.25, -0.2) is 9.37 Å². The molecule has 1 amide bonds. The van der Waals surface area contributed by atoms with E-state index in [1.54, 1.807) is 24.0 Å². The normalized spacial score (nSPS) is 12.1. The molecule has 3 aromatic rings. The number of aryl methyl sites for hydroxylation is 1. The number of hydrogen-bond donors (Lipinski definition) is 3. The molecule has 7 heteroatoms. The number of carbonyl (C=O) groups excluding carboxylic acids is 1. The topological polar surface area (TPSA) is 81.2 Å². The Balaban J connectivity index is 1.88. The molecule has 0 fully saturated rings. The molecule has 1 atom stereocenters. The summed E-state index contributed by atoms with van der Waals surface area (Å²) in [4.78, 5) is 22.1. The molecule has 6 nitrogen and oxygen atoms in total. The second kappa shape index (κ2) is 8.84. The summed E-state index contributed by atoms with van der Waals surface area (Å²) in [5.74, 6) is 0.173. The van der Waals surface area contributed by atoms with Crippen molar-refractivity contribution >= 4 is 22.9 Å². The van der Waals surface area contributed by atoms with Crippen LogP contribution in [0.5, 0.6) is 0 Å². The average Bonchev–Trinajstić information content (AvgIpc) is 3.10. The van der Waals surface area contributed by atoms with E-state index in [0.717, 1.165) is 16.6 Å². The smallest absolute Gasteiger partial charge is 0.225 e. The van der Waals surface area contributed by atoms with Gasteiger partial charge in [0.05, 0.1) is 30.1 Å². The lowest BCUT2D eigenvalue weighted by Gasteiger charge is -2.24. The first-order chi connectivity index (χ1) is 13.5. The number of hydrogen-bond acceptors (Lipinski definition) is 4. The Morgan fingerprint density at radius 1 is 1.32 bits per heavy atom. The number of aromatic nitrogens is 2. The van der Waals surface area contributed by atoms with Crippen molar-refractivity contribution in [1.82, 2.24) is 14.9 Å². The first kappa shape index (κ1) is 19.8. The highest BCUT2D eigenvalue weighted by molar-refractivity contribution is 5.79. The van der Waals surface area contributed by atoms with Crippen LogP contribution in [0.3, 0.4) is 0 Å². The summed E-state index contributed by atoms with van der Waals surface area (Å²) in [7, 11) is 0. The summed E-state index contributed by atoms with van der Waals surface area (Å²) in [5.41, 5.74) is 3.03. The fourth-order valence-electron chi connectivity index (χ4n) is 3.21. The van der Waals surface area contributed by atoms with E-state index in [4.69, 9.17) is 0 Å². The number of nitrogens with one attached hydrogen (secondary N) is 2. The lowest BCUT2D eigenvalue weighted by atomic mass is 10.0. The highest BCUT2D eigenvalue weighted by Crippen LogP contribution is 2.25. The van der Waals surface area contributed by atoms with Gasteiger partial charge in [-0.3, -0.25) is 4.79 Å². The van der Waals surface area contributed by atoms with Crippen LogP contribution in [-0.2, 0) is 4.79 Å². The molecule has 1 heterocycles. The number of amides is 1. The molecule has 0 bridgehead atoms. The fourth-order valence-corrected chi connectivity index (χ4v) is 3.21. The van der Waals surface area contributed by atoms with Gasteiger partial charge in [0.25, 0.3) is 0 Å². The molecular formula is C21H25FN4O2. The van der Waals surface area contributed by atoms with Gasteiger partial charge in [-0.05, 0) is 43.2 Å². The van der Waals surface area contributed by atoms with Crippen molar-refractivity contribution in [3.63, 3.8) is 0 Å². The number of carbonyl (C=O) groups is 1. The van der Waals surface area contributed by atoms with Gasteiger partial charge in [0, 0.05) is 13.1 Å². The van der Waals surface area contributed by atoms with Gasteiger partial charge in [0.2, 0.25) is 11.9 Å². The standard InChI is InChI=1S/C21H25FN4O2/c1-3-26(10-11-27)20(28)13-19(15-8-9-16(22)14(2)12-15)25-21-23-17-6-4-5-7-18(17)24-21/h4-9,12,19,27H,3,10-11,13H2,1-2H3,(H2,23,24,25). The van der Waals surface area contributed by atoms with E-state index in [-0.39, 0.29) is 37.3 Å². The Kier molecular flexibility index (Phi) is 6.26. The minimum Gasteiger partial charge on any atom is -0.395 e. The molecule has 0 saturated heterocycles. The second-order valence-corrected chi connectivity index (χ2v) is 6.71. The Labute approximate surface area is 163 Å². The zero-order valence-corrected chi connectivity index (χ0v) is 16.1. The van der Waals surface area contributed by atoms with Crippen molar-refractivity contribution < 1.29 is 14.3 Å². The number of nitrogens with zero attached hydrogens (tertiary/aromatic N) is 2. The summed E-state index contributed by atoms with van der Waals surface area (Å²) in [6.07, 6.45) is 0.163. The third kappa shape index (κ3) is 4.48. The van der Waals surface area contributed by atoms with Crippen molar-refractivity contribution in [3.8, 4) is 0 Å². The van der Waals surface area contributed by atoms with E-state index in [1.807, 2.05) is 31.2 Å². The molecule has 0 saturated carbocycles. The number of benzene rings is 2. The number of anilines is 1. The third-order valence-corrected chi connectivity index (χ3v) is 4.77. The van der Waals surface area contributed by atoms with Crippen LogP contribution in [0, 0.1) is 12.7 Å². The van der Waals surface area contributed by atoms with Crippen molar-refractivity contribution in [2.24, 2.45) is 0 Å². The number of rotatable bonds is 8. The zero-order chi connectivity index (χ0) is 20.1. The average molecular weight is 384 g/mol. The van der Waals surface area contributed by atoms with Gasteiger partial charge in [0.1, 0.15) is 5.82 Å². The van der Waals surface area contributed by atoms with E-state index >= 15 is 0 Å². The minimum atomic E-state index is -0.389. The molecule has 3 rings (SSSR count). The van der Waals surface area contributed by atoms with Crippen molar-refractivity contribution in [3.05, 3.63) is 59.4 Å². The Bertz CT molecular complexity index is 923.